The van der Waals surface area contributed by atoms with Gasteiger partial charge < -0.3 is 13.7 Å². The van der Waals surface area contributed by atoms with Crippen LogP contribution in [0.15, 0.2) is 155 Å². The maximum atomic E-state index is 6.22. The van der Waals surface area contributed by atoms with Crippen molar-refractivity contribution in [1.82, 2.24) is 4.98 Å². The number of nitrogens with zero attached hydrogens (tertiary/aromatic N) is 2. The Hall–Kier alpha value is -5.87. The lowest BCUT2D eigenvalue weighted by Gasteiger charge is -2.25. The molecule has 4 nitrogen and oxygen atoms in total. The summed E-state index contributed by atoms with van der Waals surface area (Å²) in [7, 11) is 0. The summed E-state index contributed by atoms with van der Waals surface area (Å²) in [4.78, 5) is 7.09. The summed E-state index contributed by atoms with van der Waals surface area (Å²) < 4.78 is 12.4. The molecule has 6 aromatic carbocycles. The van der Waals surface area contributed by atoms with Crippen molar-refractivity contribution in [3.63, 3.8) is 0 Å². The van der Waals surface area contributed by atoms with Crippen LogP contribution < -0.4 is 4.90 Å². The predicted molar refractivity (Wildman–Crippen MR) is 176 cm³/mol. The van der Waals surface area contributed by atoms with Gasteiger partial charge in [0.05, 0.1) is 17.3 Å². The van der Waals surface area contributed by atoms with E-state index in [1.165, 1.54) is 16.5 Å². The third-order valence-electron chi connectivity index (χ3n) is 8.31. The van der Waals surface area contributed by atoms with Gasteiger partial charge in [-0.15, -0.1) is 0 Å². The van der Waals surface area contributed by atoms with Crippen LogP contribution in [0.1, 0.15) is 0 Å². The maximum absolute atomic E-state index is 6.22. The van der Waals surface area contributed by atoms with Crippen molar-refractivity contribution < 1.29 is 8.83 Å². The first kappa shape index (κ1) is 23.8. The largest absolute Gasteiger partial charge is 0.456 e. The van der Waals surface area contributed by atoms with E-state index < -0.39 is 0 Å². The molecule has 9 aromatic rings. The molecule has 0 aliphatic rings. The lowest BCUT2D eigenvalue weighted by Crippen LogP contribution is -2.10. The number of hydrogen-bond donors (Lipinski definition) is 0. The summed E-state index contributed by atoms with van der Waals surface area (Å²) >= 11 is 0. The average molecular weight is 553 g/mol. The smallest absolute Gasteiger partial charge is 0.227 e. The summed E-state index contributed by atoms with van der Waals surface area (Å²) in [5, 5.41) is 6.58. The zero-order valence-electron chi connectivity index (χ0n) is 23.1. The van der Waals surface area contributed by atoms with E-state index in [0.717, 1.165) is 60.7 Å². The van der Waals surface area contributed by atoms with Gasteiger partial charge in [-0.25, -0.2) is 4.98 Å². The molecule has 0 aliphatic carbocycles. The molecule has 43 heavy (non-hydrogen) atoms. The Morgan fingerprint density at radius 2 is 1.12 bits per heavy atom. The standard InChI is InChI=1S/C39H24N2O2/c1-2-8-25(9-3-1)26-14-17-28(18-15-26)41(29-19-21-36-33(22-29)32-12-6-7-13-35(32)42-36)30-23-34-38-31-11-5-4-10-27(31)16-20-37(38)43-39(34)40-24-30/h1-24H. The molecule has 202 valence electrons. The van der Waals surface area contributed by atoms with Gasteiger partial charge in [0.1, 0.15) is 16.7 Å². The normalized spacial score (nSPS) is 11.7. The minimum Gasteiger partial charge on any atom is -0.456 e. The van der Waals surface area contributed by atoms with Gasteiger partial charge in [-0.3, -0.25) is 0 Å². The van der Waals surface area contributed by atoms with Crippen LogP contribution >= 0.6 is 0 Å². The molecule has 0 N–H and O–H groups in total. The van der Waals surface area contributed by atoms with Crippen LogP contribution in [0.2, 0.25) is 0 Å². The average Bonchev–Trinajstić information content (AvgIpc) is 3.64. The Labute approximate surface area is 247 Å². The second-order valence-electron chi connectivity index (χ2n) is 10.8. The molecule has 0 saturated heterocycles. The first-order valence-electron chi connectivity index (χ1n) is 14.4. The van der Waals surface area contributed by atoms with Crippen LogP contribution in [0.3, 0.4) is 0 Å². The van der Waals surface area contributed by atoms with E-state index in [0.29, 0.717) is 5.71 Å². The van der Waals surface area contributed by atoms with E-state index in [9.17, 15) is 0 Å². The van der Waals surface area contributed by atoms with Gasteiger partial charge in [0.25, 0.3) is 0 Å². The molecule has 3 heterocycles. The minimum atomic E-state index is 0.630. The minimum absolute atomic E-state index is 0.630. The number of anilines is 3. The Balaban J connectivity index is 1.27. The van der Waals surface area contributed by atoms with Crippen LogP contribution in [0, 0.1) is 0 Å². The van der Waals surface area contributed by atoms with Crippen molar-refractivity contribution >= 4 is 71.8 Å². The van der Waals surface area contributed by atoms with Crippen LogP contribution in [0.5, 0.6) is 0 Å². The molecule has 0 bridgehead atoms. The molecule has 0 saturated carbocycles. The van der Waals surface area contributed by atoms with E-state index in [2.05, 4.69) is 120 Å². The number of para-hydroxylation sites is 1. The summed E-state index contributed by atoms with van der Waals surface area (Å²) in [6.45, 7) is 0. The topological polar surface area (TPSA) is 42.4 Å². The predicted octanol–water partition coefficient (Wildman–Crippen LogP) is 11.2. The first-order chi connectivity index (χ1) is 21.3. The highest BCUT2D eigenvalue weighted by atomic mass is 16.3. The van der Waals surface area contributed by atoms with Crippen molar-refractivity contribution in [3.8, 4) is 11.1 Å². The van der Waals surface area contributed by atoms with Gasteiger partial charge in [0, 0.05) is 27.5 Å². The van der Waals surface area contributed by atoms with Crippen LogP contribution in [-0.4, -0.2) is 4.98 Å². The second kappa shape index (κ2) is 9.33. The van der Waals surface area contributed by atoms with Crippen molar-refractivity contribution in [2.24, 2.45) is 0 Å². The molecule has 0 spiro atoms. The molecular weight excluding hydrogens is 528 g/mol. The summed E-state index contributed by atoms with van der Waals surface area (Å²) in [5.74, 6) is 0. The number of furan rings is 2. The van der Waals surface area contributed by atoms with E-state index in [4.69, 9.17) is 13.8 Å². The highest BCUT2D eigenvalue weighted by Gasteiger charge is 2.19. The number of aromatic nitrogens is 1. The van der Waals surface area contributed by atoms with Crippen molar-refractivity contribution in [3.05, 3.63) is 146 Å². The number of hydrogen-bond acceptors (Lipinski definition) is 4. The number of rotatable bonds is 4. The Morgan fingerprint density at radius 3 is 2.00 bits per heavy atom. The van der Waals surface area contributed by atoms with Gasteiger partial charge in [-0.2, -0.15) is 0 Å². The Kier molecular flexibility index (Phi) is 5.16. The molecule has 0 unspecified atom stereocenters. The zero-order valence-corrected chi connectivity index (χ0v) is 23.1. The van der Waals surface area contributed by atoms with Gasteiger partial charge in [-0.05, 0) is 70.4 Å². The van der Waals surface area contributed by atoms with Crippen molar-refractivity contribution in [1.29, 1.82) is 0 Å². The van der Waals surface area contributed by atoms with E-state index in [1.807, 2.05) is 30.5 Å². The Bertz CT molecular complexity index is 2450. The van der Waals surface area contributed by atoms with E-state index in [-0.39, 0.29) is 0 Å². The summed E-state index contributed by atoms with van der Waals surface area (Å²) in [5.41, 5.74) is 8.57. The molecule has 0 fully saturated rings. The molecule has 4 heteroatoms. The summed E-state index contributed by atoms with van der Waals surface area (Å²) in [6, 6.07) is 48.5. The van der Waals surface area contributed by atoms with Gasteiger partial charge in [0.2, 0.25) is 5.71 Å². The van der Waals surface area contributed by atoms with Crippen LogP contribution in [0.25, 0.3) is 65.9 Å². The highest BCUT2D eigenvalue weighted by molar-refractivity contribution is 6.18. The molecule has 0 atom stereocenters. The molecule has 3 aromatic heterocycles. The highest BCUT2D eigenvalue weighted by Crippen LogP contribution is 2.41. The van der Waals surface area contributed by atoms with Gasteiger partial charge >= 0.3 is 0 Å². The molecular formula is C39H24N2O2. The van der Waals surface area contributed by atoms with E-state index >= 15 is 0 Å². The fourth-order valence-corrected chi connectivity index (χ4v) is 6.28. The third kappa shape index (κ3) is 3.81. The van der Waals surface area contributed by atoms with Gasteiger partial charge in [-0.1, -0.05) is 91.0 Å². The zero-order chi connectivity index (χ0) is 28.3. The fourth-order valence-electron chi connectivity index (χ4n) is 6.28. The first-order valence-corrected chi connectivity index (χ1v) is 14.4. The lowest BCUT2D eigenvalue weighted by molar-refractivity contribution is 0.654. The number of pyridine rings is 1. The fraction of sp³-hybridized carbons (Fsp3) is 0. The van der Waals surface area contributed by atoms with Crippen molar-refractivity contribution in [2.75, 3.05) is 4.90 Å². The molecule has 0 aliphatic heterocycles. The number of fused-ring (bicyclic) bond motifs is 8. The van der Waals surface area contributed by atoms with Crippen LogP contribution in [-0.2, 0) is 0 Å². The van der Waals surface area contributed by atoms with Crippen molar-refractivity contribution in [2.45, 2.75) is 0 Å². The molecule has 9 rings (SSSR count). The van der Waals surface area contributed by atoms with E-state index in [1.54, 1.807) is 0 Å². The van der Waals surface area contributed by atoms with Gasteiger partial charge in [0.15, 0.2) is 0 Å². The number of benzene rings is 6. The monoisotopic (exact) mass is 552 g/mol. The SMILES string of the molecule is c1ccc(-c2ccc(N(c3ccc4oc5ccccc5c4c3)c3cnc4oc5ccc6ccccc6c5c4c3)cc2)cc1. The lowest BCUT2D eigenvalue weighted by atomic mass is 10.0. The molecule has 0 amide bonds. The molecule has 0 radical (unpaired) electrons. The Morgan fingerprint density at radius 1 is 0.442 bits per heavy atom. The van der Waals surface area contributed by atoms with Crippen LogP contribution in [0.4, 0.5) is 17.1 Å². The second-order valence-corrected chi connectivity index (χ2v) is 10.8. The quantitative estimate of drug-likeness (QED) is 0.218. The third-order valence-corrected chi connectivity index (χ3v) is 8.31. The maximum Gasteiger partial charge on any atom is 0.227 e. The summed E-state index contributed by atoms with van der Waals surface area (Å²) in [6.07, 6.45) is 1.90.